The van der Waals surface area contributed by atoms with Gasteiger partial charge in [-0.15, -0.1) is 0 Å². The van der Waals surface area contributed by atoms with Crippen molar-refractivity contribution in [2.45, 2.75) is 19.6 Å². The molecule has 0 saturated heterocycles. The number of hydrogen-bond acceptors (Lipinski definition) is 2. The van der Waals surface area contributed by atoms with Gasteiger partial charge in [-0.05, 0) is 48.9 Å². The molecule has 0 aliphatic carbocycles. The van der Waals surface area contributed by atoms with Crippen molar-refractivity contribution in [2.24, 2.45) is 4.99 Å². The predicted molar refractivity (Wildman–Crippen MR) is 91.1 cm³/mol. The normalized spacial score (nSPS) is 12.6. The Morgan fingerprint density at radius 3 is 2.17 bits per heavy atom. The molecule has 0 aromatic heterocycles. The van der Waals surface area contributed by atoms with Crippen molar-refractivity contribution in [3.63, 3.8) is 0 Å². The molecule has 0 heterocycles. The number of rotatable bonds is 6. The van der Waals surface area contributed by atoms with Crippen LogP contribution in [0.15, 0.2) is 53.5 Å². The van der Waals surface area contributed by atoms with E-state index in [1.807, 2.05) is 6.92 Å². The molecule has 2 aromatic carbocycles. The van der Waals surface area contributed by atoms with E-state index < -0.39 is 0 Å². The molecule has 1 unspecified atom stereocenters. The van der Waals surface area contributed by atoms with Gasteiger partial charge in [0, 0.05) is 13.6 Å². The Labute approximate surface area is 140 Å². The van der Waals surface area contributed by atoms with Gasteiger partial charge in [0.25, 0.3) is 0 Å². The summed E-state index contributed by atoms with van der Waals surface area (Å²) in [6.07, 6.45) is -0.125. The van der Waals surface area contributed by atoms with Crippen LogP contribution in [0.25, 0.3) is 0 Å². The maximum absolute atomic E-state index is 12.9. The van der Waals surface area contributed by atoms with Gasteiger partial charge >= 0.3 is 0 Å². The van der Waals surface area contributed by atoms with E-state index in [0.717, 1.165) is 5.56 Å². The first kappa shape index (κ1) is 17.7. The standard InChI is InChI=1S/C18H21F2N3O/c1-13(24-17-9-7-16(20)8-10-17)11-22-18(21-2)23-12-14-3-5-15(19)6-4-14/h3-10,13H,11-12H2,1-2H3,(H2,21,22,23). The summed E-state index contributed by atoms with van der Waals surface area (Å²) in [7, 11) is 1.67. The van der Waals surface area contributed by atoms with Crippen molar-refractivity contribution in [3.8, 4) is 5.75 Å². The average Bonchev–Trinajstić information content (AvgIpc) is 2.58. The highest BCUT2D eigenvalue weighted by Gasteiger charge is 2.06. The summed E-state index contributed by atoms with van der Waals surface area (Å²) in [5.74, 6) is 0.681. The van der Waals surface area contributed by atoms with Crippen LogP contribution in [-0.4, -0.2) is 25.7 Å². The van der Waals surface area contributed by atoms with Gasteiger partial charge in [0.15, 0.2) is 5.96 Å². The van der Waals surface area contributed by atoms with Crippen molar-refractivity contribution in [3.05, 3.63) is 65.7 Å². The molecular formula is C18H21F2N3O. The maximum Gasteiger partial charge on any atom is 0.191 e. The van der Waals surface area contributed by atoms with Gasteiger partial charge in [-0.3, -0.25) is 4.99 Å². The van der Waals surface area contributed by atoms with Crippen LogP contribution in [-0.2, 0) is 6.54 Å². The minimum atomic E-state index is -0.293. The summed E-state index contributed by atoms with van der Waals surface area (Å²) in [5, 5.41) is 6.29. The smallest absolute Gasteiger partial charge is 0.191 e. The van der Waals surface area contributed by atoms with Crippen LogP contribution >= 0.6 is 0 Å². The lowest BCUT2D eigenvalue weighted by atomic mass is 10.2. The number of ether oxygens (including phenoxy) is 1. The third-order valence-electron chi connectivity index (χ3n) is 3.30. The van der Waals surface area contributed by atoms with Crippen LogP contribution in [0.3, 0.4) is 0 Å². The SMILES string of the molecule is CN=C(NCc1ccc(F)cc1)NCC(C)Oc1ccc(F)cc1. The first-order chi connectivity index (χ1) is 11.6. The fourth-order valence-electron chi connectivity index (χ4n) is 2.04. The second-order valence-electron chi connectivity index (χ2n) is 5.32. The highest BCUT2D eigenvalue weighted by Crippen LogP contribution is 2.12. The van der Waals surface area contributed by atoms with E-state index in [1.165, 1.54) is 24.3 Å². The second kappa shape index (κ2) is 8.86. The lowest BCUT2D eigenvalue weighted by Crippen LogP contribution is -2.41. The molecule has 0 spiro atoms. The summed E-state index contributed by atoms with van der Waals surface area (Å²) in [4.78, 5) is 4.13. The zero-order valence-electron chi connectivity index (χ0n) is 13.7. The van der Waals surface area contributed by atoms with Crippen LogP contribution in [0, 0.1) is 11.6 Å². The Kier molecular flexibility index (Phi) is 6.54. The quantitative estimate of drug-likeness (QED) is 0.631. The lowest BCUT2D eigenvalue weighted by molar-refractivity contribution is 0.223. The van der Waals surface area contributed by atoms with Crippen LogP contribution in [0.2, 0.25) is 0 Å². The summed E-state index contributed by atoms with van der Waals surface area (Å²) in [5.41, 5.74) is 0.954. The third-order valence-corrected chi connectivity index (χ3v) is 3.30. The minimum absolute atomic E-state index is 0.125. The summed E-state index contributed by atoms with van der Waals surface area (Å²) in [6, 6.07) is 12.2. The van der Waals surface area contributed by atoms with E-state index in [0.29, 0.717) is 24.8 Å². The Hall–Kier alpha value is -2.63. The largest absolute Gasteiger partial charge is 0.489 e. The van der Waals surface area contributed by atoms with E-state index in [-0.39, 0.29) is 17.7 Å². The number of hydrogen-bond donors (Lipinski definition) is 2. The zero-order valence-corrected chi connectivity index (χ0v) is 13.7. The molecule has 0 radical (unpaired) electrons. The molecule has 24 heavy (non-hydrogen) atoms. The van der Waals surface area contributed by atoms with Gasteiger partial charge in [0.05, 0.1) is 6.54 Å². The molecule has 2 rings (SSSR count). The number of nitrogens with zero attached hydrogens (tertiary/aromatic N) is 1. The van der Waals surface area contributed by atoms with E-state index in [2.05, 4.69) is 15.6 Å². The van der Waals surface area contributed by atoms with Gasteiger partial charge in [-0.1, -0.05) is 12.1 Å². The van der Waals surface area contributed by atoms with Crippen molar-refractivity contribution in [1.29, 1.82) is 0 Å². The van der Waals surface area contributed by atoms with E-state index in [1.54, 1.807) is 31.3 Å². The molecule has 6 heteroatoms. The molecule has 0 aliphatic rings. The van der Waals surface area contributed by atoms with Gasteiger partial charge in [-0.2, -0.15) is 0 Å². The van der Waals surface area contributed by atoms with Crippen molar-refractivity contribution >= 4 is 5.96 Å². The van der Waals surface area contributed by atoms with Crippen molar-refractivity contribution < 1.29 is 13.5 Å². The molecule has 0 aliphatic heterocycles. The topological polar surface area (TPSA) is 45.7 Å². The summed E-state index contributed by atoms with van der Waals surface area (Å²) in [6.45, 7) is 2.97. The number of benzene rings is 2. The van der Waals surface area contributed by atoms with Gasteiger partial charge < -0.3 is 15.4 Å². The number of nitrogens with one attached hydrogen (secondary N) is 2. The van der Waals surface area contributed by atoms with E-state index in [4.69, 9.17) is 4.74 Å². The Morgan fingerprint density at radius 2 is 1.58 bits per heavy atom. The van der Waals surface area contributed by atoms with Gasteiger partial charge in [-0.25, -0.2) is 8.78 Å². The van der Waals surface area contributed by atoms with Crippen LogP contribution < -0.4 is 15.4 Å². The molecule has 4 nitrogen and oxygen atoms in total. The molecular weight excluding hydrogens is 312 g/mol. The fraction of sp³-hybridized carbons (Fsp3) is 0.278. The number of aliphatic imine (C=N–C) groups is 1. The molecule has 0 saturated carbocycles. The molecule has 2 aromatic rings. The minimum Gasteiger partial charge on any atom is -0.489 e. The van der Waals surface area contributed by atoms with Crippen molar-refractivity contribution in [2.75, 3.05) is 13.6 Å². The second-order valence-corrected chi connectivity index (χ2v) is 5.32. The van der Waals surface area contributed by atoms with Gasteiger partial charge in [0.1, 0.15) is 23.5 Å². The third kappa shape index (κ3) is 5.87. The predicted octanol–water partition coefficient (Wildman–Crippen LogP) is 3.10. The highest BCUT2D eigenvalue weighted by molar-refractivity contribution is 5.79. The number of halogens is 2. The Morgan fingerprint density at radius 1 is 1.00 bits per heavy atom. The van der Waals surface area contributed by atoms with E-state index >= 15 is 0 Å². The zero-order chi connectivity index (χ0) is 17.4. The Balaban J connectivity index is 1.76. The van der Waals surface area contributed by atoms with Crippen LogP contribution in [0.1, 0.15) is 12.5 Å². The number of guanidine groups is 1. The monoisotopic (exact) mass is 333 g/mol. The lowest BCUT2D eigenvalue weighted by Gasteiger charge is -2.17. The van der Waals surface area contributed by atoms with E-state index in [9.17, 15) is 8.78 Å². The Bertz CT molecular complexity index is 657. The highest BCUT2D eigenvalue weighted by atomic mass is 19.1. The maximum atomic E-state index is 12.9. The summed E-state index contributed by atoms with van der Waals surface area (Å²) < 4.78 is 31.4. The fourth-order valence-corrected chi connectivity index (χ4v) is 2.04. The van der Waals surface area contributed by atoms with Crippen LogP contribution in [0.4, 0.5) is 8.78 Å². The molecule has 0 fully saturated rings. The van der Waals surface area contributed by atoms with Gasteiger partial charge in [0.2, 0.25) is 0 Å². The average molecular weight is 333 g/mol. The molecule has 128 valence electrons. The summed E-state index contributed by atoms with van der Waals surface area (Å²) >= 11 is 0. The molecule has 0 bridgehead atoms. The first-order valence-corrected chi connectivity index (χ1v) is 7.68. The first-order valence-electron chi connectivity index (χ1n) is 7.68. The molecule has 2 N–H and O–H groups in total. The van der Waals surface area contributed by atoms with Crippen LogP contribution in [0.5, 0.6) is 5.75 Å². The van der Waals surface area contributed by atoms with Crippen molar-refractivity contribution in [1.82, 2.24) is 10.6 Å². The molecule has 1 atom stereocenters. The molecule has 0 amide bonds.